The third-order valence-electron chi connectivity index (χ3n) is 18.7. The average Bonchev–Trinajstić information content (AvgIpc) is 1.55. The minimum Gasteiger partial charge on any atom is -0.459 e. The molecule has 0 aromatic heterocycles. The van der Waals surface area contributed by atoms with Crippen LogP contribution in [0.4, 0.5) is 52.7 Å². The zero-order valence-electron chi connectivity index (χ0n) is 58.3. The summed E-state index contributed by atoms with van der Waals surface area (Å²) in [6.07, 6.45) is -26.2. The number of carbonyl (C=O) groups excluding carboxylic acids is 6. The molecule has 103 heavy (non-hydrogen) atoms. The molecule has 570 valence electrons. The van der Waals surface area contributed by atoms with Crippen LogP contribution in [0, 0.1) is 0 Å². The van der Waals surface area contributed by atoms with Gasteiger partial charge in [0.15, 0.2) is 0 Å². The molecule has 0 amide bonds. The average molecular weight is 1480 g/mol. The van der Waals surface area contributed by atoms with Crippen molar-refractivity contribution in [1.29, 1.82) is 0 Å². The molecule has 2 heterocycles. The standard InChI is InChI=1S/C75H90F12O16/c1-7-8-9-10-11-12-13-14-15-28-43-59(102-66(92)70(96-5,74(82,83)84)54-36-24-18-25-37-54)61-45-46-62(101-61)60(103-67(93)71(97-6,75(85,86)87)55-38-26-19-27-39-55)44-30-29-40-56(88)49-58(100-65(91)69(95-4,73(79,80)81)53-34-22-17-23-35-53)42-31-41-57(48-51-47-50(2)98-63(51)89)99-64(90)68(94-3,72(76,77)78)52-32-20-16-21-33-52/h16-27,32-39,47,50,57-62H,7-15,28-31,40-46,48-49H2,1-6H3/t50-,57+,58+,59+,60+,61+,62+,68-,69-,70-,71-/m0/s1. The lowest BCUT2D eigenvalue weighted by Gasteiger charge is -2.36. The van der Waals surface area contributed by atoms with Gasteiger partial charge in [0, 0.05) is 75.5 Å². The van der Waals surface area contributed by atoms with Gasteiger partial charge in [-0.2, -0.15) is 52.7 Å². The molecule has 0 radical (unpaired) electrons. The molecule has 1 fully saturated rings. The molecule has 0 bridgehead atoms. The van der Waals surface area contributed by atoms with Gasteiger partial charge in [-0.05, 0) is 77.2 Å². The predicted molar refractivity (Wildman–Crippen MR) is 349 cm³/mol. The SMILES string of the molecule is CCCCCCCCCCCC[C@@H](OC(=O)[C@@](OC)(c1ccccc1)C(F)(F)F)[C@H]1CC[C@H]([C@@H](CCCCC(=O)C[C@@H](CCC[C@H](CC2=C[C@H](C)OC2=O)OC(=O)[C@@](OC)(c2ccccc2)C(F)(F)F)OC(=O)[C@@](OC)(c2ccccc2)C(F)(F)F)OC(=O)[C@@](OC)(c2ccccc2)C(F)(F)F)O1. The van der Waals surface area contributed by atoms with Crippen molar-refractivity contribution in [2.45, 2.75) is 245 Å². The number of hydrogen-bond donors (Lipinski definition) is 0. The molecule has 28 heteroatoms. The van der Waals surface area contributed by atoms with Gasteiger partial charge in [0.1, 0.15) is 36.3 Å². The fourth-order valence-corrected chi connectivity index (χ4v) is 13.2. The lowest BCUT2D eigenvalue weighted by atomic mass is 9.92. The monoisotopic (exact) mass is 1470 g/mol. The van der Waals surface area contributed by atoms with Crippen molar-refractivity contribution < 1.29 is 129 Å². The van der Waals surface area contributed by atoms with Crippen LogP contribution >= 0.6 is 0 Å². The quantitative estimate of drug-likeness (QED) is 0.0176. The summed E-state index contributed by atoms with van der Waals surface area (Å²) in [7, 11) is 2.54. The number of methoxy groups -OCH3 is 4. The van der Waals surface area contributed by atoms with Crippen molar-refractivity contribution in [3.05, 3.63) is 155 Å². The van der Waals surface area contributed by atoms with Crippen LogP contribution in [0.3, 0.4) is 0 Å². The van der Waals surface area contributed by atoms with Crippen LogP contribution in [0.15, 0.2) is 133 Å². The first-order chi connectivity index (χ1) is 48.8. The highest BCUT2D eigenvalue weighted by Crippen LogP contribution is 2.49. The fourth-order valence-electron chi connectivity index (χ4n) is 13.2. The maximum atomic E-state index is 15.5. The van der Waals surface area contributed by atoms with Crippen molar-refractivity contribution in [2.75, 3.05) is 28.4 Å². The topological polar surface area (TPSA) is 195 Å². The number of benzene rings is 4. The number of ketones is 1. The van der Waals surface area contributed by atoms with E-state index in [1.165, 1.54) is 85.8 Å². The van der Waals surface area contributed by atoms with E-state index < -0.39 is 193 Å². The summed E-state index contributed by atoms with van der Waals surface area (Å²) >= 11 is 0. The van der Waals surface area contributed by atoms with Crippen LogP contribution in [-0.4, -0.2) is 132 Å². The largest absolute Gasteiger partial charge is 0.459 e. The van der Waals surface area contributed by atoms with Gasteiger partial charge in [-0.25, -0.2) is 24.0 Å². The van der Waals surface area contributed by atoms with Gasteiger partial charge >= 0.3 is 54.6 Å². The Balaban J connectivity index is 1.29. The highest BCUT2D eigenvalue weighted by molar-refractivity contribution is 5.91. The Kier molecular flexibility index (Phi) is 31.2. The van der Waals surface area contributed by atoms with E-state index in [0.29, 0.717) is 41.3 Å². The molecule has 4 aromatic rings. The van der Waals surface area contributed by atoms with Crippen molar-refractivity contribution >= 4 is 35.6 Å². The van der Waals surface area contributed by atoms with Crippen LogP contribution in [0.5, 0.6) is 0 Å². The number of alkyl halides is 12. The predicted octanol–water partition coefficient (Wildman–Crippen LogP) is 16.9. The second kappa shape index (κ2) is 38.0. The summed E-state index contributed by atoms with van der Waals surface area (Å²) in [5.74, 6) is -9.50. The van der Waals surface area contributed by atoms with Gasteiger partial charge in [0.25, 0.3) is 22.4 Å². The normalized spacial score (nSPS) is 19.4. The van der Waals surface area contributed by atoms with E-state index in [4.69, 9.17) is 47.4 Å². The van der Waals surface area contributed by atoms with E-state index in [0.717, 1.165) is 99.9 Å². The third-order valence-corrected chi connectivity index (χ3v) is 18.7. The number of halogens is 12. The fraction of sp³-hybridized carbons (Fsp3) is 0.573. The van der Waals surface area contributed by atoms with E-state index in [9.17, 15) is 28.8 Å². The minimum absolute atomic E-state index is 0.0491. The van der Waals surface area contributed by atoms with Crippen LogP contribution in [-0.2, 0) is 98.5 Å². The number of unbranched alkanes of at least 4 members (excludes halogenated alkanes) is 10. The molecule has 16 nitrogen and oxygen atoms in total. The number of esters is 5. The third kappa shape index (κ3) is 20.6. The number of rotatable bonds is 42. The Morgan fingerprint density at radius 3 is 1.08 bits per heavy atom. The van der Waals surface area contributed by atoms with Gasteiger partial charge in [0.05, 0.1) is 12.2 Å². The molecule has 4 aromatic carbocycles. The van der Waals surface area contributed by atoms with Crippen molar-refractivity contribution in [2.24, 2.45) is 0 Å². The molecule has 0 unspecified atom stereocenters. The second-order valence-electron chi connectivity index (χ2n) is 25.6. The maximum absolute atomic E-state index is 15.5. The molecule has 11 atom stereocenters. The summed E-state index contributed by atoms with van der Waals surface area (Å²) in [4.78, 5) is 84.0. The van der Waals surface area contributed by atoms with Gasteiger partial charge in [-0.1, -0.05) is 186 Å². The van der Waals surface area contributed by atoms with E-state index >= 15 is 52.7 Å². The molecule has 0 N–H and O–H groups in total. The van der Waals surface area contributed by atoms with Crippen molar-refractivity contribution in [3.8, 4) is 0 Å². The Labute approximate surface area is 591 Å². The van der Waals surface area contributed by atoms with Gasteiger partial charge < -0.3 is 47.4 Å². The number of carbonyl (C=O) groups is 6. The molecule has 1 saturated heterocycles. The summed E-state index contributed by atoms with van der Waals surface area (Å²) in [6.45, 7) is 3.58. The van der Waals surface area contributed by atoms with E-state index in [-0.39, 0.29) is 37.7 Å². The van der Waals surface area contributed by atoms with Crippen LogP contribution in [0.2, 0.25) is 0 Å². The molecule has 0 spiro atoms. The van der Waals surface area contributed by atoms with Gasteiger partial charge in [-0.3, -0.25) is 4.79 Å². The van der Waals surface area contributed by atoms with Crippen molar-refractivity contribution in [3.63, 3.8) is 0 Å². The van der Waals surface area contributed by atoms with Crippen LogP contribution < -0.4 is 0 Å². The van der Waals surface area contributed by atoms with Crippen molar-refractivity contribution in [1.82, 2.24) is 0 Å². The Morgan fingerprint density at radius 1 is 0.427 bits per heavy atom. The molecule has 0 saturated carbocycles. The second-order valence-corrected chi connectivity index (χ2v) is 25.6. The van der Waals surface area contributed by atoms with Crippen LogP contribution in [0.25, 0.3) is 0 Å². The Bertz CT molecular complexity index is 3360. The highest BCUT2D eigenvalue weighted by atomic mass is 19.4. The molecular formula is C75H90F12O16. The summed E-state index contributed by atoms with van der Waals surface area (Å²) in [5.41, 5.74) is -17.7. The first-order valence-electron chi connectivity index (χ1n) is 34.4. The molecule has 6 rings (SSSR count). The zero-order valence-corrected chi connectivity index (χ0v) is 58.3. The van der Waals surface area contributed by atoms with E-state index in [2.05, 4.69) is 6.92 Å². The summed E-state index contributed by atoms with van der Waals surface area (Å²) in [5, 5.41) is 0. The number of Topliss-reactive ketones (excluding diaryl/α,β-unsaturated/α-hetero) is 1. The molecule has 0 aliphatic carbocycles. The van der Waals surface area contributed by atoms with E-state index in [1.807, 2.05) is 0 Å². The molecular weight excluding hydrogens is 1380 g/mol. The smallest absolute Gasteiger partial charge is 0.432 e. The summed E-state index contributed by atoms with van der Waals surface area (Å²) < 4.78 is 238. The van der Waals surface area contributed by atoms with Crippen LogP contribution in [0.1, 0.15) is 177 Å². The molecule has 2 aliphatic heterocycles. The Hall–Kier alpha value is -7.40. The first kappa shape index (κ1) is 84.5. The molecule has 2 aliphatic rings. The lowest BCUT2D eigenvalue weighted by molar-refractivity contribution is -0.281. The zero-order chi connectivity index (χ0) is 75.9. The van der Waals surface area contributed by atoms with Gasteiger partial charge in [0.2, 0.25) is 0 Å². The lowest BCUT2D eigenvalue weighted by Crippen LogP contribution is -2.53. The Morgan fingerprint density at radius 2 is 0.748 bits per heavy atom. The number of ether oxygens (including phenoxy) is 10. The minimum atomic E-state index is -5.53. The maximum Gasteiger partial charge on any atom is 0.432 e. The van der Waals surface area contributed by atoms with Gasteiger partial charge in [-0.15, -0.1) is 0 Å². The number of cyclic esters (lactones) is 1. The highest BCUT2D eigenvalue weighted by Gasteiger charge is 2.68. The first-order valence-corrected chi connectivity index (χ1v) is 34.4. The van der Waals surface area contributed by atoms with E-state index in [1.54, 1.807) is 0 Å². The number of hydrogen-bond acceptors (Lipinski definition) is 16. The summed E-state index contributed by atoms with van der Waals surface area (Å²) in [6, 6.07) is 23.1.